The molecule has 0 radical (unpaired) electrons. The predicted molar refractivity (Wildman–Crippen MR) is 115 cm³/mol. The highest BCUT2D eigenvalue weighted by Crippen LogP contribution is 2.34. The largest absolute Gasteiger partial charge is 0.367 e. The van der Waals surface area contributed by atoms with E-state index in [1.807, 2.05) is 42.5 Å². The van der Waals surface area contributed by atoms with E-state index in [1.54, 1.807) is 6.07 Å². The second-order valence-corrected chi connectivity index (χ2v) is 10.1. The molecular weight excluding hydrogens is 428 g/mol. The summed E-state index contributed by atoms with van der Waals surface area (Å²) in [5.74, 6) is -2.21. The Morgan fingerprint density at radius 1 is 0.967 bits per heavy atom. The van der Waals surface area contributed by atoms with Crippen LogP contribution in [-0.4, -0.2) is 20.7 Å². The maximum atomic E-state index is 13.6. The van der Waals surface area contributed by atoms with Gasteiger partial charge in [0.1, 0.15) is 11.6 Å². The van der Waals surface area contributed by atoms with Gasteiger partial charge < -0.3 is 4.90 Å². The fraction of sp³-hybridized carbons (Fsp3) is 0.217. The molecule has 0 amide bonds. The summed E-state index contributed by atoms with van der Waals surface area (Å²) in [5.41, 5.74) is 3.09. The molecule has 0 aromatic heterocycles. The van der Waals surface area contributed by atoms with Crippen molar-refractivity contribution in [3.63, 3.8) is 0 Å². The summed E-state index contributed by atoms with van der Waals surface area (Å²) >= 11 is 6.20. The molecular formula is C23H20ClF2NO2S. The van der Waals surface area contributed by atoms with Crippen molar-refractivity contribution in [1.82, 2.24) is 0 Å². The molecule has 1 atom stereocenters. The van der Waals surface area contributed by atoms with Gasteiger partial charge in [0.2, 0.25) is 0 Å². The van der Waals surface area contributed by atoms with E-state index in [4.69, 9.17) is 11.6 Å². The SMILES string of the molecule is O=S(=O)(CC1Cc2ccc(Cl)cc2N(Cc2ccccc2)C1)c1cc(F)cc(F)c1. The van der Waals surface area contributed by atoms with Crippen molar-refractivity contribution in [3.8, 4) is 0 Å². The minimum absolute atomic E-state index is 0.191. The van der Waals surface area contributed by atoms with Gasteiger partial charge in [0.25, 0.3) is 0 Å². The van der Waals surface area contributed by atoms with E-state index in [9.17, 15) is 17.2 Å². The summed E-state index contributed by atoms with van der Waals surface area (Å²) < 4.78 is 52.8. The Morgan fingerprint density at radius 3 is 2.37 bits per heavy atom. The average Bonchev–Trinajstić information content (AvgIpc) is 2.68. The Labute approximate surface area is 179 Å². The molecule has 30 heavy (non-hydrogen) atoms. The van der Waals surface area contributed by atoms with Gasteiger partial charge in [-0.15, -0.1) is 0 Å². The van der Waals surface area contributed by atoms with E-state index < -0.39 is 21.5 Å². The Hall–Kier alpha value is -2.44. The van der Waals surface area contributed by atoms with Crippen LogP contribution in [0.15, 0.2) is 71.6 Å². The van der Waals surface area contributed by atoms with Gasteiger partial charge in [-0.05, 0) is 47.7 Å². The smallest absolute Gasteiger partial charge is 0.178 e. The molecule has 0 fully saturated rings. The van der Waals surface area contributed by atoms with Crippen LogP contribution in [0.3, 0.4) is 0 Å². The van der Waals surface area contributed by atoms with E-state index in [0.29, 0.717) is 30.6 Å². The van der Waals surface area contributed by atoms with Crippen LogP contribution in [0.5, 0.6) is 0 Å². The number of halogens is 3. The molecule has 0 aliphatic carbocycles. The normalized spacial score (nSPS) is 16.4. The predicted octanol–water partition coefficient (Wildman–Crippen LogP) is 5.27. The number of benzene rings is 3. The van der Waals surface area contributed by atoms with Crippen LogP contribution in [0.2, 0.25) is 5.02 Å². The second kappa shape index (κ2) is 8.36. The third-order valence-corrected chi connectivity index (χ3v) is 7.34. The number of hydrogen-bond donors (Lipinski definition) is 0. The van der Waals surface area contributed by atoms with Crippen LogP contribution >= 0.6 is 11.6 Å². The van der Waals surface area contributed by atoms with E-state index in [2.05, 4.69) is 4.90 Å². The zero-order chi connectivity index (χ0) is 21.3. The molecule has 0 N–H and O–H groups in total. The minimum Gasteiger partial charge on any atom is -0.367 e. The molecule has 1 aliphatic rings. The van der Waals surface area contributed by atoms with Crippen LogP contribution < -0.4 is 4.90 Å². The summed E-state index contributed by atoms with van der Waals surface area (Å²) in [4.78, 5) is 1.79. The summed E-state index contributed by atoms with van der Waals surface area (Å²) in [7, 11) is -3.84. The van der Waals surface area contributed by atoms with Crippen molar-refractivity contribution in [1.29, 1.82) is 0 Å². The first-order valence-corrected chi connectivity index (χ1v) is 11.6. The highest BCUT2D eigenvalue weighted by atomic mass is 35.5. The molecule has 0 bridgehead atoms. The Balaban J connectivity index is 1.62. The zero-order valence-corrected chi connectivity index (χ0v) is 17.6. The molecule has 0 saturated heterocycles. The Kier molecular flexibility index (Phi) is 5.80. The molecule has 3 aromatic rings. The topological polar surface area (TPSA) is 37.4 Å². The maximum Gasteiger partial charge on any atom is 0.178 e. The van der Waals surface area contributed by atoms with Crippen molar-refractivity contribution in [3.05, 3.63) is 94.5 Å². The summed E-state index contributed by atoms with van der Waals surface area (Å²) in [5, 5.41) is 0.619. The van der Waals surface area contributed by atoms with Crippen LogP contribution in [0.1, 0.15) is 11.1 Å². The zero-order valence-electron chi connectivity index (χ0n) is 16.1. The number of nitrogens with zero attached hydrogens (tertiary/aromatic N) is 1. The molecule has 1 aliphatic heterocycles. The van der Waals surface area contributed by atoms with E-state index in [1.165, 1.54) is 0 Å². The van der Waals surface area contributed by atoms with Gasteiger partial charge in [-0.3, -0.25) is 0 Å². The van der Waals surface area contributed by atoms with E-state index >= 15 is 0 Å². The molecule has 0 spiro atoms. The molecule has 156 valence electrons. The maximum absolute atomic E-state index is 13.6. The summed E-state index contributed by atoms with van der Waals surface area (Å²) in [6.45, 7) is 1.11. The van der Waals surface area contributed by atoms with Crippen LogP contribution in [-0.2, 0) is 22.8 Å². The van der Waals surface area contributed by atoms with Gasteiger partial charge in [0.15, 0.2) is 9.84 Å². The number of fused-ring (bicyclic) bond motifs is 1. The molecule has 1 heterocycles. The fourth-order valence-corrected chi connectivity index (χ4v) is 5.76. The highest BCUT2D eigenvalue weighted by Gasteiger charge is 2.30. The lowest BCUT2D eigenvalue weighted by molar-refractivity contribution is 0.514. The number of sulfone groups is 1. The number of anilines is 1. The minimum atomic E-state index is -3.84. The molecule has 1 unspecified atom stereocenters. The van der Waals surface area contributed by atoms with Crippen molar-refractivity contribution < 1.29 is 17.2 Å². The molecule has 3 aromatic carbocycles. The Morgan fingerprint density at radius 2 is 1.67 bits per heavy atom. The Bertz CT molecular complexity index is 1150. The lowest BCUT2D eigenvalue weighted by atomic mass is 9.93. The van der Waals surface area contributed by atoms with E-state index in [-0.39, 0.29) is 16.6 Å². The standard InChI is InChI=1S/C23H20ClF2NO2S/c24-19-7-6-18-8-17(15-30(28,29)22-11-20(25)10-21(26)12-22)14-27(23(18)9-19)13-16-4-2-1-3-5-16/h1-7,9-12,17H,8,13-15H2. The quantitative estimate of drug-likeness (QED) is 0.534. The van der Waals surface area contributed by atoms with Crippen LogP contribution in [0, 0.1) is 17.6 Å². The first kappa shape index (κ1) is 20.8. The van der Waals surface area contributed by atoms with Gasteiger partial charge in [0.05, 0.1) is 10.6 Å². The van der Waals surface area contributed by atoms with Gasteiger partial charge >= 0.3 is 0 Å². The molecule has 3 nitrogen and oxygen atoms in total. The van der Waals surface area contributed by atoms with Crippen molar-refractivity contribution in [2.45, 2.75) is 17.9 Å². The van der Waals surface area contributed by atoms with Crippen molar-refractivity contribution in [2.24, 2.45) is 5.92 Å². The summed E-state index contributed by atoms with van der Waals surface area (Å²) in [6.07, 6.45) is 0.550. The first-order chi connectivity index (χ1) is 14.3. The van der Waals surface area contributed by atoms with Crippen molar-refractivity contribution in [2.75, 3.05) is 17.2 Å². The molecule has 4 rings (SSSR count). The first-order valence-electron chi connectivity index (χ1n) is 9.56. The van der Waals surface area contributed by atoms with Gasteiger partial charge in [-0.2, -0.15) is 0 Å². The van der Waals surface area contributed by atoms with E-state index in [0.717, 1.165) is 28.9 Å². The highest BCUT2D eigenvalue weighted by molar-refractivity contribution is 7.91. The third kappa shape index (κ3) is 4.65. The van der Waals surface area contributed by atoms with Crippen molar-refractivity contribution >= 4 is 27.1 Å². The average molecular weight is 448 g/mol. The molecule has 0 saturated carbocycles. The lowest BCUT2D eigenvalue weighted by Crippen LogP contribution is -2.38. The second-order valence-electron chi connectivity index (χ2n) is 7.60. The van der Waals surface area contributed by atoms with Gasteiger partial charge in [-0.25, -0.2) is 17.2 Å². The number of rotatable bonds is 5. The molecule has 7 heteroatoms. The van der Waals surface area contributed by atoms with Crippen LogP contribution in [0.4, 0.5) is 14.5 Å². The van der Waals surface area contributed by atoms with Crippen LogP contribution in [0.25, 0.3) is 0 Å². The number of hydrogen-bond acceptors (Lipinski definition) is 3. The van der Waals surface area contributed by atoms with Gasteiger partial charge in [-0.1, -0.05) is 48.0 Å². The van der Waals surface area contributed by atoms with Gasteiger partial charge in [0, 0.05) is 29.9 Å². The summed E-state index contributed by atoms with van der Waals surface area (Å²) in [6, 6.07) is 17.9. The monoisotopic (exact) mass is 447 g/mol. The fourth-order valence-electron chi connectivity index (χ4n) is 3.97. The lowest BCUT2D eigenvalue weighted by Gasteiger charge is -2.36. The third-order valence-electron chi connectivity index (χ3n) is 5.24.